The third-order valence-corrected chi connectivity index (χ3v) is 9.41. The Morgan fingerprint density at radius 1 is 0.953 bits per heavy atom. The van der Waals surface area contributed by atoms with Crippen LogP contribution in [0.15, 0.2) is 47.4 Å². The molecule has 0 saturated heterocycles. The normalized spacial score (nSPS) is 11.3. The molecule has 2 rings (SSSR count). The fraction of sp³-hybridized carbons (Fsp3) is 0.483. The molecule has 3 amide bonds. The van der Waals surface area contributed by atoms with Gasteiger partial charge in [0, 0.05) is 31.2 Å². The number of rotatable bonds is 18. The highest BCUT2D eigenvalue weighted by Gasteiger charge is 2.30. The average Bonchev–Trinajstić information content (AvgIpc) is 2.98. The monoisotopic (exact) mass is 657 g/mol. The van der Waals surface area contributed by atoms with Gasteiger partial charge in [-0.05, 0) is 69.3 Å². The minimum atomic E-state index is -4.20. The molecule has 0 heterocycles. The zero-order valence-electron chi connectivity index (χ0n) is 24.6. The highest BCUT2D eigenvalue weighted by Crippen LogP contribution is 2.32. The van der Waals surface area contributed by atoms with Gasteiger partial charge >= 0.3 is 6.09 Å². The van der Waals surface area contributed by atoms with Crippen LogP contribution >= 0.6 is 23.2 Å². The van der Waals surface area contributed by atoms with Gasteiger partial charge in [0.1, 0.15) is 4.90 Å². The second kappa shape index (κ2) is 18.7. The standard InChI is InChI=1S/C29H41Cl2N5O6S/c1-3-33-29(39)42-19-9-17-35(16-8-7-15-32)27(38)20-34-26(37)21-36(18-14-23-10-5-4-6-11-23)43(40,41)25-13-12-24(30)22(2)28(25)31/h4-6,10-13H,3,7-9,14-21,32H2,1-2H3,(H,33,39)(H,34,37). The molecule has 0 atom stereocenters. The van der Waals surface area contributed by atoms with E-state index in [0.717, 1.165) is 9.87 Å². The van der Waals surface area contributed by atoms with E-state index in [4.69, 9.17) is 33.7 Å². The van der Waals surface area contributed by atoms with Crippen LogP contribution in [0, 0.1) is 6.92 Å². The lowest BCUT2D eigenvalue weighted by molar-refractivity contribution is -0.133. The summed E-state index contributed by atoms with van der Waals surface area (Å²) >= 11 is 12.5. The van der Waals surface area contributed by atoms with Crippen LogP contribution in [0.25, 0.3) is 0 Å². The summed E-state index contributed by atoms with van der Waals surface area (Å²) in [5.41, 5.74) is 6.89. The fourth-order valence-corrected chi connectivity index (χ4v) is 6.26. The molecule has 0 saturated carbocycles. The van der Waals surface area contributed by atoms with Crippen LogP contribution in [0.3, 0.4) is 0 Å². The molecule has 0 fully saturated rings. The molecule has 0 spiro atoms. The number of nitrogens with zero attached hydrogens (tertiary/aromatic N) is 2. The largest absolute Gasteiger partial charge is 0.449 e. The smallest absolute Gasteiger partial charge is 0.407 e. The van der Waals surface area contributed by atoms with Crippen molar-refractivity contribution in [2.75, 3.05) is 52.4 Å². The minimum absolute atomic E-state index is 0.00252. The van der Waals surface area contributed by atoms with Gasteiger partial charge in [-0.1, -0.05) is 53.5 Å². The first kappa shape index (κ1) is 36.3. The van der Waals surface area contributed by atoms with Crippen molar-refractivity contribution in [2.24, 2.45) is 5.73 Å². The molecular formula is C29H41Cl2N5O6S. The molecule has 43 heavy (non-hydrogen) atoms. The molecule has 0 aliphatic heterocycles. The second-order valence-electron chi connectivity index (χ2n) is 9.73. The molecule has 14 heteroatoms. The first-order valence-corrected chi connectivity index (χ1v) is 16.3. The summed E-state index contributed by atoms with van der Waals surface area (Å²) in [6.07, 6.45) is 1.61. The molecule has 0 aliphatic carbocycles. The summed E-state index contributed by atoms with van der Waals surface area (Å²) in [7, 11) is -4.20. The molecule has 0 unspecified atom stereocenters. The number of hydrogen-bond acceptors (Lipinski definition) is 7. The number of unbranched alkanes of at least 4 members (excludes halogenated alkanes) is 1. The topological polar surface area (TPSA) is 151 Å². The van der Waals surface area contributed by atoms with Gasteiger partial charge in [0.15, 0.2) is 0 Å². The van der Waals surface area contributed by atoms with Crippen molar-refractivity contribution in [2.45, 2.75) is 44.4 Å². The Hall–Kier alpha value is -2.90. The number of carbonyl (C=O) groups excluding carboxylic acids is 3. The third-order valence-electron chi connectivity index (χ3n) is 6.51. The molecule has 238 valence electrons. The van der Waals surface area contributed by atoms with Crippen molar-refractivity contribution in [3.8, 4) is 0 Å². The van der Waals surface area contributed by atoms with Gasteiger partial charge in [0.25, 0.3) is 0 Å². The van der Waals surface area contributed by atoms with Crippen molar-refractivity contribution >= 4 is 51.1 Å². The maximum Gasteiger partial charge on any atom is 0.407 e. The van der Waals surface area contributed by atoms with Crippen LogP contribution in [0.4, 0.5) is 4.79 Å². The number of nitrogens with one attached hydrogen (secondary N) is 2. The number of halogens is 2. The summed E-state index contributed by atoms with van der Waals surface area (Å²) in [6, 6.07) is 12.0. The maximum atomic E-state index is 13.7. The zero-order chi connectivity index (χ0) is 31.8. The number of amides is 3. The van der Waals surface area contributed by atoms with Gasteiger partial charge in [-0.3, -0.25) is 9.59 Å². The highest BCUT2D eigenvalue weighted by molar-refractivity contribution is 7.89. The predicted molar refractivity (Wildman–Crippen MR) is 168 cm³/mol. The average molecular weight is 659 g/mol. The fourth-order valence-electron chi connectivity index (χ4n) is 4.08. The minimum Gasteiger partial charge on any atom is -0.449 e. The SMILES string of the molecule is CCNC(=O)OCCCN(CCCCN)C(=O)CNC(=O)CN(CCc1ccccc1)S(=O)(=O)c1ccc(Cl)c(C)c1Cl. The lowest BCUT2D eigenvalue weighted by atomic mass is 10.1. The van der Waals surface area contributed by atoms with E-state index in [0.29, 0.717) is 62.4 Å². The van der Waals surface area contributed by atoms with Gasteiger partial charge in [0.05, 0.1) is 24.7 Å². The molecule has 2 aromatic carbocycles. The molecule has 0 aromatic heterocycles. The summed E-state index contributed by atoms with van der Waals surface area (Å²) in [5.74, 6) is -0.994. The number of nitrogens with two attached hydrogens (primary N) is 1. The van der Waals surface area contributed by atoms with Crippen LogP contribution in [0.1, 0.15) is 37.3 Å². The van der Waals surface area contributed by atoms with Gasteiger partial charge in [-0.2, -0.15) is 4.31 Å². The quantitative estimate of drug-likeness (QED) is 0.208. The van der Waals surface area contributed by atoms with E-state index in [1.807, 2.05) is 30.3 Å². The van der Waals surface area contributed by atoms with Crippen LogP contribution in [0.5, 0.6) is 0 Å². The first-order valence-electron chi connectivity index (χ1n) is 14.1. The van der Waals surface area contributed by atoms with E-state index in [1.54, 1.807) is 18.7 Å². The van der Waals surface area contributed by atoms with E-state index in [9.17, 15) is 22.8 Å². The zero-order valence-corrected chi connectivity index (χ0v) is 26.9. The van der Waals surface area contributed by atoms with Crippen molar-refractivity contribution in [3.05, 3.63) is 63.6 Å². The molecular weight excluding hydrogens is 617 g/mol. The predicted octanol–water partition coefficient (Wildman–Crippen LogP) is 3.36. The maximum absolute atomic E-state index is 13.7. The first-order chi connectivity index (χ1) is 20.5. The molecule has 2 aromatic rings. The van der Waals surface area contributed by atoms with Crippen LogP contribution in [-0.4, -0.2) is 88.0 Å². The van der Waals surface area contributed by atoms with E-state index >= 15 is 0 Å². The summed E-state index contributed by atoms with van der Waals surface area (Å²) in [6.45, 7) is 4.32. The van der Waals surface area contributed by atoms with Crippen LogP contribution in [0.2, 0.25) is 10.0 Å². The van der Waals surface area contributed by atoms with Gasteiger partial charge in [0.2, 0.25) is 21.8 Å². The number of benzene rings is 2. The van der Waals surface area contributed by atoms with E-state index in [2.05, 4.69) is 10.6 Å². The summed E-state index contributed by atoms with van der Waals surface area (Å²) < 4.78 is 33.5. The van der Waals surface area contributed by atoms with E-state index in [-0.39, 0.29) is 35.5 Å². The third kappa shape index (κ3) is 12.0. The number of sulfonamides is 1. The lowest BCUT2D eigenvalue weighted by Gasteiger charge is -2.25. The Bertz CT molecular complexity index is 1310. The number of alkyl carbamates (subject to hydrolysis) is 1. The van der Waals surface area contributed by atoms with Crippen molar-refractivity contribution in [1.29, 1.82) is 0 Å². The Morgan fingerprint density at radius 2 is 1.65 bits per heavy atom. The molecule has 4 N–H and O–H groups in total. The Morgan fingerprint density at radius 3 is 2.33 bits per heavy atom. The van der Waals surface area contributed by atoms with Gasteiger partial charge < -0.3 is 26.0 Å². The Balaban J connectivity index is 2.10. The second-order valence-corrected chi connectivity index (χ2v) is 12.4. The molecule has 11 nitrogen and oxygen atoms in total. The Labute approximate surface area is 264 Å². The van der Waals surface area contributed by atoms with Gasteiger partial charge in [-0.15, -0.1) is 0 Å². The molecule has 0 radical (unpaired) electrons. The van der Waals surface area contributed by atoms with E-state index < -0.39 is 28.6 Å². The van der Waals surface area contributed by atoms with E-state index in [1.165, 1.54) is 12.1 Å². The van der Waals surface area contributed by atoms with Crippen LogP contribution < -0.4 is 16.4 Å². The number of ether oxygens (including phenoxy) is 1. The van der Waals surface area contributed by atoms with Gasteiger partial charge in [-0.25, -0.2) is 13.2 Å². The number of carbonyl (C=O) groups is 3. The van der Waals surface area contributed by atoms with Crippen LogP contribution in [-0.2, 0) is 30.8 Å². The van der Waals surface area contributed by atoms with Crippen molar-refractivity contribution in [3.63, 3.8) is 0 Å². The number of hydrogen-bond donors (Lipinski definition) is 3. The highest BCUT2D eigenvalue weighted by atomic mass is 35.5. The van der Waals surface area contributed by atoms with Crippen molar-refractivity contribution < 1.29 is 27.5 Å². The molecule has 0 bridgehead atoms. The summed E-state index contributed by atoms with van der Waals surface area (Å²) in [4.78, 5) is 38.9. The van der Waals surface area contributed by atoms with Crippen molar-refractivity contribution in [1.82, 2.24) is 19.8 Å². The lowest BCUT2D eigenvalue weighted by Crippen LogP contribution is -2.46. The summed E-state index contributed by atoms with van der Waals surface area (Å²) in [5, 5.41) is 5.39. The molecule has 0 aliphatic rings. The Kier molecular flexibility index (Phi) is 15.8.